The van der Waals surface area contributed by atoms with E-state index in [1.165, 1.54) is 19.1 Å². The Morgan fingerprint density at radius 3 is 2.50 bits per heavy atom. The van der Waals surface area contributed by atoms with Crippen molar-refractivity contribution in [2.45, 2.75) is 26.4 Å². The molecule has 0 radical (unpaired) electrons. The first kappa shape index (κ1) is 12.3. The fourth-order valence-electron chi connectivity index (χ4n) is 1.12. The standard InChI is InChI=1S/C13H14O3/c1-9(14)11-8-10(4-5-12(11)15)6-7-13(2,3)16/h4-5,8,15-16H,1-3H3. The van der Waals surface area contributed by atoms with E-state index in [9.17, 15) is 15.0 Å². The van der Waals surface area contributed by atoms with Crippen LogP contribution in [0, 0.1) is 11.8 Å². The molecular weight excluding hydrogens is 204 g/mol. The topological polar surface area (TPSA) is 57.5 Å². The summed E-state index contributed by atoms with van der Waals surface area (Å²) in [5, 5.41) is 18.8. The summed E-state index contributed by atoms with van der Waals surface area (Å²) < 4.78 is 0. The van der Waals surface area contributed by atoms with E-state index in [-0.39, 0.29) is 17.1 Å². The van der Waals surface area contributed by atoms with Gasteiger partial charge in [0.2, 0.25) is 0 Å². The molecule has 0 spiro atoms. The van der Waals surface area contributed by atoms with E-state index in [4.69, 9.17) is 0 Å². The SMILES string of the molecule is CC(=O)c1cc(C#CC(C)(C)O)ccc1O. The Kier molecular flexibility index (Phi) is 3.36. The van der Waals surface area contributed by atoms with Gasteiger partial charge in [0.1, 0.15) is 11.4 Å². The third-order valence-electron chi connectivity index (χ3n) is 1.89. The number of ketones is 1. The van der Waals surface area contributed by atoms with Crippen molar-refractivity contribution in [1.29, 1.82) is 0 Å². The second-order valence-corrected chi connectivity index (χ2v) is 4.10. The lowest BCUT2D eigenvalue weighted by Crippen LogP contribution is -2.14. The first-order valence-corrected chi connectivity index (χ1v) is 4.89. The third kappa shape index (κ3) is 3.41. The third-order valence-corrected chi connectivity index (χ3v) is 1.89. The molecule has 0 saturated heterocycles. The van der Waals surface area contributed by atoms with Crippen LogP contribution in [-0.2, 0) is 0 Å². The maximum Gasteiger partial charge on any atom is 0.163 e. The Labute approximate surface area is 94.7 Å². The van der Waals surface area contributed by atoms with Crippen LogP contribution < -0.4 is 0 Å². The second kappa shape index (κ2) is 4.38. The summed E-state index contributed by atoms with van der Waals surface area (Å²) in [6, 6.07) is 4.53. The highest BCUT2D eigenvalue weighted by Gasteiger charge is 2.08. The Morgan fingerprint density at radius 2 is 2.00 bits per heavy atom. The summed E-state index contributed by atoms with van der Waals surface area (Å²) in [6.45, 7) is 4.53. The zero-order valence-electron chi connectivity index (χ0n) is 9.53. The number of aromatic hydroxyl groups is 1. The predicted octanol–water partition coefficient (Wildman–Crippen LogP) is 1.72. The van der Waals surface area contributed by atoms with Gasteiger partial charge in [0.25, 0.3) is 0 Å². The lowest BCUT2D eigenvalue weighted by atomic mass is 10.1. The fourth-order valence-corrected chi connectivity index (χ4v) is 1.12. The zero-order valence-corrected chi connectivity index (χ0v) is 9.53. The minimum absolute atomic E-state index is 0.0543. The van der Waals surface area contributed by atoms with Crippen LogP contribution in [0.1, 0.15) is 36.7 Å². The van der Waals surface area contributed by atoms with Gasteiger partial charge in [-0.2, -0.15) is 0 Å². The van der Waals surface area contributed by atoms with E-state index in [2.05, 4.69) is 11.8 Å². The Balaban J connectivity index is 3.13. The van der Waals surface area contributed by atoms with Gasteiger partial charge >= 0.3 is 0 Å². The van der Waals surface area contributed by atoms with Crippen LogP contribution in [0.25, 0.3) is 0 Å². The molecule has 16 heavy (non-hydrogen) atoms. The maximum absolute atomic E-state index is 11.2. The van der Waals surface area contributed by atoms with Gasteiger partial charge in [-0.05, 0) is 39.0 Å². The molecule has 3 nitrogen and oxygen atoms in total. The molecule has 2 N–H and O–H groups in total. The molecule has 84 valence electrons. The van der Waals surface area contributed by atoms with Crippen LogP contribution in [0.4, 0.5) is 0 Å². The van der Waals surface area contributed by atoms with E-state index in [0.29, 0.717) is 5.56 Å². The molecule has 3 heteroatoms. The van der Waals surface area contributed by atoms with Crippen molar-refractivity contribution in [3.63, 3.8) is 0 Å². The molecule has 0 amide bonds. The number of carbonyl (C=O) groups excluding carboxylic acids is 1. The summed E-state index contributed by atoms with van der Waals surface area (Å²) in [7, 11) is 0. The molecule has 0 aliphatic carbocycles. The Hall–Kier alpha value is -1.79. The molecule has 0 bridgehead atoms. The van der Waals surface area contributed by atoms with Crippen molar-refractivity contribution in [2.75, 3.05) is 0 Å². The number of benzene rings is 1. The number of carbonyl (C=O) groups is 1. The van der Waals surface area contributed by atoms with Gasteiger partial charge in [-0.15, -0.1) is 0 Å². The average Bonchev–Trinajstić information content (AvgIpc) is 2.14. The van der Waals surface area contributed by atoms with Crippen LogP contribution in [0.5, 0.6) is 5.75 Å². The van der Waals surface area contributed by atoms with Gasteiger partial charge in [0, 0.05) is 5.56 Å². The van der Waals surface area contributed by atoms with Gasteiger partial charge in [-0.1, -0.05) is 11.8 Å². The number of hydrogen-bond donors (Lipinski definition) is 2. The van der Waals surface area contributed by atoms with Gasteiger partial charge in [0.05, 0.1) is 5.56 Å². The number of phenols is 1. The van der Waals surface area contributed by atoms with Crippen LogP contribution >= 0.6 is 0 Å². The molecule has 0 aromatic heterocycles. The first-order chi connectivity index (χ1) is 7.29. The minimum Gasteiger partial charge on any atom is -0.507 e. The Bertz CT molecular complexity index is 470. The van der Waals surface area contributed by atoms with Gasteiger partial charge in [-0.3, -0.25) is 4.79 Å². The first-order valence-electron chi connectivity index (χ1n) is 4.89. The van der Waals surface area contributed by atoms with E-state index < -0.39 is 5.60 Å². The van der Waals surface area contributed by atoms with Crippen molar-refractivity contribution >= 4 is 5.78 Å². The molecule has 0 aliphatic heterocycles. The fraction of sp³-hybridized carbons (Fsp3) is 0.308. The van der Waals surface area contributed by atoms with Crippen molar-refractivity contribution in [1.82, 2.24) is 0 Å². The van der Waals surface area contributed by atoms with Crippen LogP contribution in [-0.4, -0.2) is 21.6 Å². The minimum atomic E-state index is -1.08. The molecule has 1 aromatic carbocycles. The molecule has 0 atom stereocenters. The number of Topliss-reactive ketones (excluding diaryl/α,β-unsaturated/α-hetero) is 1. The highest BCUT2D eigenvalue weighted by molar-refractivity contribution is 5.97. The smallest absolute Gasteiger partial charge is 0.163 e. The normalized spacial score (nSPS) is 10.5. The monoisotopic (exact) mass is 218 g/mol. The van der Waals surface area contributed by atoms with Crippen LogP contribution in [0.2, 0.25) is 0 Å². The molecule has 1 aromatic rings. The number of rotatable bonds is 1. The summed E-state index contributed by atoms with van der Waals surface area (Å²) in [5.74, 6) is 5.11. The molecule has 0 aliphatic rings. The highest BCUT2D eigenvalue weighted by atomic mass is 16.3. The summed E-state index contributed by atoms with van der Waals surface area (Å²) in [4.78, 5) is 11.2. The molecule has 1 rings (SSSR count). The zero-order chi connectivity index (χ0) is 12.3. The summed E-state index contributed by atoms with van der Waals surface area (Å²) >= 11 is 0. The van der Waals surface area contributed by atoms with E-state index in [1.54, 1.807) is 19.9 Å². The predicted molar refractivity (Wildman–Crippen MR) is 61.3 cm³/mol. The molecule has 0 heterocycles. The average molecular weight is 218 g/mol. The maximum atomic E-state index is 11.2. The number of phenolic OH excluding ortho intramolecular Hbond substituents is 1. The van der Waals surface area contributed by atoms with Crippen LogP contribution in [0.15, 0.2) is 18.2 Å². The Morgan fingerprint density at radius 1 is 1.38 bits per heavy atom. The van der Waals surface area contributed by atoms with Crippen molar-refractivity contribution in [2.24, 2.45) is 0 Å². The lowest BCUT2D eigenvalue weighted by molar-refractivity contribution is 0.101. The van der Waals surface area contributed by atoms with E-state index >= 15 is 0 Å². The lowest BCUT2D eigenvalue weighted by Gasteiger charge is -2.06. The van der Waals surface area contributed by atoms with Crippen molar-refractivity contribution in [3.05, 3.63) is 29.3 Å². The highest BCUT2D eigenvalue weighted by Crippen LogP contribution is 2.18. The van der Waals surface area contributed by atoms with Gasteiger partial charge < -0.3 is 10.2 Å². The van der Waals surface area contributed by atoms with Gasteiger partial charge in [0.15, 0.2) is 5.78 Å². The number of aliphatic hydroxyl groups is 1. The second-order valence-electron chi connectivity index (χ2n) is 4.10. The molecule has 0 saturated carbocycles. The van der Waals surface area contributed by atoms with Crippen molar-refractivity contribution < 1.29 is 15.0 Å². The summed E-state index contributed by atoms with van der Waals surface area (Å²) in [6.07, 6.45) is 0. The van der Waals surface area contributed by atoms with Crippen LogP contribution in [0.3, 0.4) is 0 Å². The largest absolute Gasteiger partial charge is 0.507 e. The molecule has 0 fully saturated rings. The van der Waals surface area contributed by atoms with E-state index in [0.717, 1.165) is 0 Å². The quantitative estimate of drug-likeness (QED) is 0.557. The van der Waals surface area contributed by atoms with Crippen molar-refractivity contribution in [3.8, 4) is 17.6 Å². The summed E-state index contributed by atoms with van der Waals surface area (Å²) in [5.41, 5.74) is -0.249. The number of hydrogen-bond acceptors (Lipinski definition) is 3. The van der Waals surface area contributed by atoms with Gasteiger partial charge in [-0.25, -0.2) is 0 Å². The molecule has 0 unspecified atom stereocenters. The van der Waals surface area contributed by atoms with E-state index in [1.807, 2.05) is 0 Å². The molecular formula is C13H14O3.